The summed E-state index contributed by atoms with van der Waals surface area (Å²) < 4.78 is 0. The van der Waals surface area contributed by atoms with E-state index in [1.54, 1.807) is 12.1 Å². The normalized spacial score (nSPS) is 10.7. The van der Waals surface area contributed by atoms with Gasteiger partial charge in [-0.2, -0.15) is 0 Å². The van der Waals surface area contributed by atoms with Crippen molar-refractivity contribution in [3.63, 3.8) is 0 Å². The number of hydrogen-bond acceptors (Lipinski definition) is 2. The van der Waals surface area contributed by atoms with E-state index < -0.39 is 0 Å². The minimum absolute atomic E-state index is 0.115. The molecule has 3 nitrogen and oxygen atoms in total. The fraction of sp³-hybridized carbons (Fsp3) is 0.278. The molecule has 1 amide bonds. The molecule has 2 aromatic carbocycles. The zero-order valence-corrected chi connectivity index (χ0v) is 13.5. The van der Waals surface area contributed by atoms with Crippen LogP contribution in [0.4, 0.5) is 0 Å². The molecule has 0 spiro atoms. The molecule has 0 aromatic heterocycles. The van der Waals surface area contributed by atoms with Crippen molar-refractivity contribution in [2.24, 2.45) is 0 Å². The molecule has 0 heterocycles. The van der Waals surface area contributed by atoms with E-state index in [0.29, 0.717) is 17.1 Å². The zero-order chi connectivity index (χ0) is 15.8. The summed E-state index contributed by atoms with van der Waals surface area (Å²) >= 11 is 6.00. The molecular formula is C18H21ClN2O. The lowest BCUT2D eigenvalue weighted by Gasteiger charge is -2.16. The second-order valence-corrected chi connectivity index (χ2v) is 5.72. The molecule has 0 saturated carbocycles. The van der Waals surface area contributed by atoms with Gasteiger partial charge in [-0.15, -0.1) is 0 Å². The number of carbonyl (C=O) groups excluding carboxylic acids is 1. The van der Waals surface area contributed by atoms with Gasteiger partial charge in [-0.3, -0.25) is 4.79 Å². The molecule has 1 N–H and O–H groups in total. The molecule has 22 heavy (non-hydrogen) atoms. The molecule has 0 unspecified atom stereocenters. The topological polar surface area (TPSA) is 32.3 Å². The van der Waals surface area contributed by atoms with E-state index in [4.69, 9.17) is 11.6 Å². The second-order valence-electron chi connectivity index (χ2n) is 5.31. The Morgan fingerprint density at radius 1 is 1.09 bits per heavy atom. The summed E-state index contributed by atoms with van der Waals surface area (Å²) in [6.45, 7) is 2.49. The number of nitrogens with one attached hydrogen (secondary N) is 1. The van der Waals surface area contributed by atoms with E-state index in [1.807, 2.05) is 30.3 Å². The van der Waals surface area contributed by atoms with Gasteiger partial charge in [0.2, 0.25) is 0 Å². The maximum absolute atomic E-state index is 12.0. The lowest BCUT2D eigenvalue weighted by Crippen LogP contribution is -2.28. The van der Waals surface area contributed by atoms with Gasteiger partial charge in [0.05, 0.1) is 10.6 Å². The standard InChI is InChI=1S/C18H21ClN2O/c1-21(14-15-8-3-2-4-9-15)13-7-12-20-18(22)16-10-5-6-11-17(16)19/h2-6,8-11H,7,12-14H2,1H3,(H,20,22). The van der Waals surface area contributed by atoms with Crippen molar-refractivity contribution in [3.8, 4) is 0 Å². The summed E-state index contributed by atoms with van der Waals surface area (Å²) in [5, 5.41) is 3.40. The molecular weight excluding hydrogens is 296 g/mol. The molecule has 4 heteroatoms. The first-order valence-electron chi connectivity index (χ1n) is 7.42. The Bertz CT molecular complexity index is 601. The largest absolute Gasteiger partial charge is 0.352 e. The highest BCUT2D eigenvalue weighted by Crippen LogP contribution is 2.14. The van der Waals surface area contributed by atoms with Gasteiger partial charge in [0.15, 0.2) is 0 Å². The van der Waals surface area contributed by atoms with Crippen molar-refractivity contribution in [1.82, 2.24) is 10.2 Å². The van der Waals surface area contributed by atoms with Gasteiger partial charge >= 0.3 is 0 Å². The van der Waals surface area contributed by atoms with E-state index in [9.17, 15) is 4.79 Å². The molecule has 0 saturated heterocycles. The Balaban J connectivity index is 1.69. The first-order chi connectivity index (χ1) is 10.7. The second kappa shape index (κ2) is 8.57. The molecule has 116 valence electrons. The molecule has 2 aromatic rings. The summed E-state index contributed by atoms with van der Waals surface area (Å²) in [5.41, 5.74) is 1.83. The van der Waals surface area contributed by atoms with Crippen LogP contribution in [0.3, 0.4) is 0 Å². The van der Waals surface area contributed by atoms with Crippen LogP contribution < -0.4 is 5.32 Å². The Kier molecular flexibility index (Phi) is 6.44. The van der Waals surface area contributed by atoms with Crippen molar-refractivity contribution in [3.05, 3.63) is 70.7 Å². The Hall–Kier alpha value is -1.84. The van der Waals surface area contributed by atoms with Gasteiger partial charge in [0, 0.05) is 13.1 Å². The van der Waals surface area contributed by atoms with Crippen molar-refractivity contribution >= 4 is 17.5 Å². The molecule has 0 aliphatic heterocycles. The number of halogens is 1. The van der Waals surface area contributed by atoms with Crippen LogP contribution >= 0.6 is 11.6 Å². The van der Waals surface area contributed by atoms with Crippen LogP contribution in [0.5, 0.6) is 0 Å². The average molecular weight is 317 g/mol. The molecule has 0 atom stereocenters. The van der Waals surface area contributed by atoms with Gasteiger partial charge in [-0.1, -0.05) is 54.1 Å². The Labute approximate surface area is 136 Å². The highest BCUT2D eigenvalue weighted by Gasteiger charge is 2.08. The predicted octanol–water partition coefficient (Wildman–Crippen LogP) is 3.59. The van der Waals surface area contributed by atoms with Gasteiger partial charge in [0.25, 0.3) is 5.91 Å². The van der Waals surface area contributed by atoms with E-state index in [-0.39, 0.29) is 5.91 Å². The first kappa shape index (κ1) is 16.5. The Morgan fingerprint density at radius 3 is 2.50 bits per heavy atom. The van der Waals surface area contributed by atoms with E-state index in [1.165, 1.54) is 5.56 Å². The molecule has 2 rings (SSSR count). The fourth-order valence-electron chi connectivity index (χ4n) is 2.27. The van der Waals surface area contributed by atoms with Crippen LogP contribution in [0, 0.1) is 0 Å². The lowest BCUT2D eigenvalue weighted by molar-refractivity contribution is 0.0952. The minimum Gasteiger partial charge on any atom is -0.352 e. The summed E-state index contributed by atoms with van der Waals surface area (Å²) in [4.78, 5) is 14.2. The monoisotopic (exact) mass is 316 g/mol. The lowest BCUT2D eigenvalue weighted by atomic mass is 10.2. The van der Waals surface area contributed by atoms with E-state index >= 15 is 0 Å². The summed E-state index contributed by atoms with van der Waals surface area (Å²) in [6.07, 6.45) is 0.902. The van der Waals surface area contributed by atoms with E-state index in [2.05, 4.69) is 29.4 Å². The van der Waals surface area contributed by atoms with Crippen molar-refractivity contribution in [2.45, 2.75) is 13.0 Å². The summed E-state index contributed by atoms with van der Waals surface area (Å²) in [5.74, 6) is -0.115. The number of carbonyl (C=O) groups is 1. The van der Waals surface area contributed by atoms with E-state index in [0.717, 1.165) is 19.5 Å². The smallest absolute Gasteiger partial charge is 0.252 e. The first-order valence-corrected chi connectivity index (χ1v) is 7.80. The number of benzene rings is 2. The third kappa shape index (κ3) is 5.17. The third-order valence-corrected chi connectivity index (χ3v) is 3.75. The fourth-order valence-corrected chi connectivity index (χ4v) is 2.49. The molecule has 0 fully saturated rings. The van der Waals surface area contributed by atoms with Crippen LogP contribution in [0.25, 0.3) is 0 Å². The maximum Gasteiger partial charge on any atom is 0.252 e. The number of hydrogen-bond donors (Lipinski definition) is 1. The van der Waals surface area contributed by atoms with Crippen molar-refractivity contribution in [2.75, 3.05) is 20.1 Å². The SMILES string of the molecule is CN(CCCNC(=O)c1ccccc1Cl)Cc1ccccc1. The summed E-state index contributed by atoms with van der Waals surface area (Å²) in [7, 11) is 2.09. The van der Waals surface area contributed by atoms with Gasteiger partial charge in [-0.05, 0) is 37.7 Å². The maximum atomic E-state index is 12.0. The van der Waals surface area contributed by atoms with Crippen LogP contribution in [0.1, 0.15) is 22.3 Å². The van der Waals surface area contributed by atoms with Crippen LogP contribution in [0.15, 0.2) is 54.6 Å². The predicted molar refractivity (Wildman–Crippen MR) is 91.2 cm³/mol. The van der Waals surface area contributed by atoms with Crippen molar-refractivity contribution in [1.29, 1.82) is 0 Å². The number of nitrogens with zero attached hydrogens (tertiary/aromatic N) is 1. The highest BCUT2D eigenvalue weighted by molar-refractivity contribution is 6.33. The van der Waals surface area contributed by atoms with Gasteiger partial charge < -0.3 is 10.2 Å². The highest BCUT2D eigenvalue weighted by atomic mass is 35.5. The third-order valence-electron chi connectivity index (χ3n) is 3.42. The Morgan fingerprint density at radius 2 is 1.77 bits per heavy atom. The number of rotatable bonds is 7. The number of amides is 1. The molecule has 0 bridgehead atoms. The quantitative estimate of drug-likeness (QED) is 0.792. The van der Waals surface area contributed by atoms with Crippen molar-refractivity contribution < 1.29 is 4.79 Å². The zero-order valence-electron chi connectivity index (χ0n) is 12.8. The minimum atomic E-state index is -0.115. The average Bonchev–Trinajstić information content (AvgIpc) is 2.53. The summed E-state index contributed by atoms with van der Waals surface area (Å²) in [6, 6.07) is 17.5. The van der Waals surface area contributed by atoms with Crippen LogP contribution in [-0.2, 0) is 6.54 Å². The molecule has 0 aliphatic carbocycles. The van der Waals surface area contributed by atoms with Gasteiger partial charge in [0.1, 0.15) is 0 Å². The van der Waals surface area contributed by atoms with Gasteiger partial charge in [-0.25, -0.2) is 0 Å². The molecule has 0 aliphatic rings. The van der Waals surface area contributed by atoms with Crippen LogP contribution in [-0.4, -0.2) is 30.9 Å². The molecule has 0 radical (unpaired) electrons. The van der Waals surface area contributed by atoms with Crippen LogP contribution in [0.2, 0.25) is 5.02 Å².